The van der Waals surface area contributed by atoms with Gasteiger partial charge in [-0.2, -0.15) is 0 Å². The number of allylic oxidation sites excluding steroid dienone is 2. The number of ether oxygens (including phenoxy) is 1. The predicted molar refractivity (Wildman–Crippen MR) is 224 cm³/mol. The normalized spacial score (nSPS) is 20.9. The summed E-state index contributed by atoms with van der Waals surface area (Å²) in [6.07, 6.45) is 11.3. The Hall–Kier alpha value is -3.85. The molecule has 2 heterocycles. The van der Waals surface area contributed by atoms with Crippen molar-refractivity contribution in [2.75, 3.05) is 0 Å². The number of hydrogen-bond donors (Lipinski definition) is 0. The highest BCUT2D eigenvalue weighted by molar-refractivity contribution is 6.01. The quantitative estimate of drug-likeness (QED) is 0.171. The van der Waals surface area contributed by atoms with E-state index in [0.29, 0.717) is 0 Å². The van der Waals surface area contributed by atoms with Crippen LogP contribution in [0.2, 0.25) is 0 Å². The van der Waals surface area contributed by atoms with Crippen molar-refractivity contribution in [2.24, 2.45) is 4.99 Å². The molecule has 5 rings (SSSR count). The van der Waals surface area contributed by atoms with Crippen LogP contribution in [0.25, 0.3) is 0 Å². The summed E-state index contributed by atoms with van der Waals surface area (Å²) in [6, 6.07) is 27.1. The molecule has 3 heteroatoms. The van der Waals surface area contributed by atoms with E-state index in [4.69, 9.17) is 9.73 Å². The van der Waals surface area contributed by atoms with E-state index >= 15 is 0 Å². The maximum atomic E-state index is 7.58. The molecule has 1 aromatic heterocycles. The minimum atomic E-state index is -0.238. The first kappa shape index (κ1) is 39.4. The van der Waals surface area contributed by atoms with Gasteiger partial charge in [0.1, 0.15) is 11.5 Å². The monoisotopic (exact) mass is 699 g/mol. The maximum absolute atomic E-state index is 7.58. The topological polar surface area (TPSA) is 26.5 Å². The fourth-order valence-electron chi connectivity index (χ4n) is 8.02. The van der Waals surface area contributed by atoms with Gasteiger partial charge in [0.25, 0.3) is 0 Å². The van der Waals surface area contributed by atoms with E-state index in [9.17, 15) is 0 Å². The molecule has 0 saturated carbocycles. The summed E-state index contributed by atoms with van der Waals surface area (Å²) in [5, 5.41) is 0. The highest BCUT2D eigenvalue weighted by Gasteiger charge is 2.47. The van der Waals surface area contributed by atoms with E-state index in [1.165, 1.54) is 33.4 Å². The molecule has 1 aliphatic heterocycles. The number of nitrogens with zero attached hydrogens (tertiary/aromatic N) is 2. The molecule has 0 amide bonds. The molecule has 0 aliphatic carbocycles. The van der Waals surface area contributed by atoms with Gasteiger partial charge in [0.15, 0.2) is 0 Å². The van der Waals surface area contributed by atoms with Crippen molar-refractivity contribution in [2.45, 2.75) is 156 Å². The van der Waals surface area contributed by atoms with Gasteiger partial charge < -0.3 is 9.30 Å². The third-order valence-corrected chi connectivity index (χ3v) is 11.9. The summed E-state index contributed by atoms with van der Waals surface area (Å²) in [5.74, 6) is 1.86. The Morgan fingerprint density at radius 3 is 1.88 bits per heavy atom. The smallest absolute Gasteiger partial charge is 0.145 e. The summed E-state index contributed by atoms with van der Waals surface area (Å²) < 4.78 is 9.84. The minimum absolute atomic E-state index is 0.000822. The molecule has 2 unspecified atom stereocenters. The van der Waals surface area contributed by atoms with Gasteiger partial charge in [-0.3, -0.25) is 0 Å². The molecule has 52 heavy (non-hydrogen) atoms. The van der Waals surface area contributed by atoms with Crippen LogP contribution in [0.5, 0.6) is 5.75 Å². The number of aromatic nitrogens is 1. The first-order valence-electron chi connectivity index (χ1n) is 19.8. The molecule has 3 aromatic carbocycles. The van der Waals surface area contributed by atoms with Crippen molar-refractivity contribution in [1.29, 1.82) is 0 Å². The van der Waals surface area contributed by atoms with Crippen LogP contribution in [-0.4, -0.2) is 10.3 Å². The summed E-state index contributed by atoms with van der Waals surface area (Å²) in [7, 11) is 0. The van der Waals surface area contributed by atoms with Crippen LogP contribution in [0.1, 0.15) is 149 Å². The Kier molecular flexibility index (Phi) is 11.3. The Morgan fingerprint density at radius 1 is 0.731 bits per heavy atom. The molecule has 2 atom stereocenters. The van der Waals surface area contributed by atoms with E-state index in [0.717, 1.165) is 61.6 Å². The molecule has 1 aliphatic rings. The van der Waals surface area contributed by atoms with Gasteiger partial charge in [0.05, 0.1) is 11.4 Å². The van der Waals surface area contributed by atoms with Gasteiger partial charge >= 0.3 is 0 Å². The molecular weight excluding hydrogens is 633 g/mol. The number of rotatable bonds is 9. The van der Waals surface area contributed by atoms with E-state index in [1.807, 2.05) is 0 Å². The second-order valence-corrected chi connectivity index (χ2v) is 18.7. The van der Waals surface area contributed by atoms with Crippen molar-refractivity contribution in [3.8, 4) is 5.75 Å². The summed E-state index contributed by atoms with van der Waals surface area (Å²) >= 11 is 0. The molecule has 3 nitrogen and oxygen atoms in total. The van der Waals surface area contributed by atoms with E-state index in [1.54, 1.807) is 0 Å². The molecule has 0 fully saturated rings. The third kappa shape index (κ3) is 7.90. The lowest BCUT2D eigenvalue weighted by Gasteiger charge is -2.47. The van der Waals surface area contributed by atoms with Crippen LogP contribution in [0.4, 0.5) is 5.69 Å². The molecule has 278 valence electrons. The summed E-state index contributed by atoms with van der Waals surface area (Å²) in [5.41, 5.74) is 9.24. The zero-order chi connectivity index (χ0) is 38.1. The van der Waals surface area contributed by atoms with Gasteiger partial charge in [-0.15, -0.1) is 0 Å². The second kappa shape index (κ2) is 14.9. The average molecular weight is 699 g/mol. The predicted octanol–water partition coefficient (Wildman–Crippen LogP) is 13.5. The van der Waals surface area contributed by atoms with Gasteiger partial charge in [-0.25, -0.2) is 4.99 Å². The highest BCUT2D eigenvalue weighted by atomic mass is 16.5. The SMILES string of the molecule is CCCc1cccc2c1N=C(CCn1cccc1)/C(Oc1c(C(C)(C)C)cc(C(C)(C)C)cc1C(C)(C)C)=C/CC(C)(c1ccccc1)C2(C)CC. The molecule has 0 saturated heterocycles. The molecule has 0 spiro atoms. The van der Waals surface area contributed by atoms with Gasteiger partial charge in [0, 0.05) is 47.3 Å². The zero-order valence-electron chi connectivity index (χ0n) is 34.7. The van der Waals surface area contributed by atoms with Crippen molar-refractivity contribution in [3.05, 3.63) is 130 Å². The lowest BCUT2D eigenvalue weighted by atomic mass is 9.56. The molecule has 0 radical (unpaired) electrons. The van der Waals surface area contributed by atoms with Gasteiger partial charge in [-0.05, 0) is 76.0 Å². The van der Waals surface area contributed by atoms with Crippen LogP contribution < -0.4 is 4.74 Å². The number of hydrogen-bond acceptors (Lipinski definition) is 2. The standard InChI is InChI=1S/C49H66N2O/c1-14-22-35-23-21-26-38-43(35)50-41(28-32-51-30-19-20-31-51)42(27-29-49(13,48(38,12)15-2)36-24-17-16-18-25-36)52-44-39(46(6,7)8)33-37(45(3,4)5)34-40(44)47(9,10)11/h16-21,23-27,30-31,33-34H,14-15,22,28-29,32H2,1-13H3/b42-27-,50-41?. The number of fused-ring (bicyclic) bond motifs is 1. The first-order valence-corrected chi connectivity index (χ1v) is 19.8. The molecule has 0 bridgehead atoms. The molecule has 0 N–H and O–H groups in total. The van der Waals surface area contributed by atoms with Crippen LogP contribution in [-0.2, 0) is 40.0 Å². The van der Waals surface area contributed by atoms with Crippen LogP contribution in [0, 0.1) is 0 Å². The number of aliphatic imine (C=N–C) groups is 1. The minimum Gasteiger partial charge on any atom is -0.455 e. The Balaban J connectivity index is 1.87. The lowest BCUT2D eigenvalue weighted by Crippen LogP contribution is -2.44. The largest absolute Gasteiger partial charge is 0.455 e. The average Bonchev–Trinajstić information content (AvgIpc) is 3.61. The van der Waals surface area contributed by atoms with E-state index < -0.39 is 0 Å². The van der Waals surface area contributed by atoms with Crippen LogP contribution in [0.3, 0.4) is 0 Å². The zero-order valence-corrected chi connectivity index (χ0v) is 34.7. The number of aryl methyl sites for hydroxylation is 2. The van der Waals surface area contributed by atoms with Crippen molar-refractivity contribution >= 4 is 11.4 Å². The van der Waals surface area contributed by atoms with Crippen molar-refractivity contribution in [3.63, 3.8) is 0 Å². The highest BCUT2D eigenvalue weighted by Crippen LogP contribution is 2.53. The number of benzene rings is 3. The fraction of sp³-hybridized carbons (Fsp3) is 0.490. The molecular formula is C49H66N2O. The summed E-state index contributed by atoms with van der Waals surface area (Å²) in [4.78, 5) is 5.81. The van der Waals surface area contributed by atoms with Gasteiger partial charge in [-0.1, -0.05) is 157 Å². The van der Waals surface area contributed by atoms with Crippen molar-refractivity contribution < 1.29 is 4.74 Å². The molecule has 4 aromatic rings. The van der Waals surface area contributed by atoms with E-state index in [2.05, 4.69) is 186 Å². The first-order chi connectivity index (χ1) is 24.3. The van der Waals surface area contributed by atoms with Crippen LogP contribution >= 0.6 is 0 Å². The van der Waals surface area contributed by atoms with Crippen LogP contribution in [0.15, 0.2) is 102 Å². The summed E-state index contributed by atoms with van der Waals surface area (Å²) in [6.45, 7) is 31.3. The lowest BCUT2D eigenvalue weighted by molar-refractivity contribution is 0.244. The maximum Gasteiger partial charge on any atom is 0.145 e. The fourth-order valence-corrected chi connectivity index (χ4v) is 8.02. The van der Waals surface area contributed by atoms with Crippen molar-refractivity contribution in [1.82, 2.24) is 4.57 Å². The Labute approximate surface area is 316 Å². The Morgan fingerprint density at radius 2 is 1.35 bits per heavy atom. The second-order valence-electron chi connectivity index (χ2n) is 18.7. The van der Waals surface area contributed by atoms with Gasteiger partial charge in [0.2, 0.25) is 0 Å². The third-order valence-electron chi connectivity index (χ3n) is 11.9. The number of para-hydroxylation sites is 1. The Bertz CT molecular complexity index is 1850. The van der Waals surface area contributed by atoms with E-state index in [-0.39, 0.29) is 27.1 Å².